The molecule has 2 unspecified atom stereocenters. The number of hydrogen-bond donors (Lipinski definition) is 2. The lowest BCUT2D eigenvalue weighted by Gasteiger charge is -2.30. The highest BCUT2D eigenvalue weighted by atomic mass is 16.5. The summed E-state index contributed by atoms with van der Waals surface area (Å²) in [6.45, 7) is 8.11. The van der Waals surface area contributed by atoms with Crippen molar-refractivity contribution < 1.29 is 9.84 Å². The molecule has 2 N–H and O–H groups in total. The Morgan fingerprint density at radius 1 is 1.20 bits per heavy atom. The molecule has 0 aromatic rings. The monoisotopic (exact) mass is 283 g/mol. The molecule has 0 aliphatic heterocycles. The average Bonchev–Trinajstić information content (AvgIpc) is 2.74. The third-order valence-electron chi connectivity index (χ3n) is 5.34. The van der Waals surface area contributed by atoms with Crippen molar-refractivity contribution in [2.45, 2.75) is 84.0 Å². The van der Waals surface area contributed by atoms with Crippen LogP contribution in [-0.4, -0.2) is 36.5 Å². The van der Waals surface area contributed by atoms with Gasteiger partial charge < -0.3 is 15.2 Å². The van der Waals surface area contributed by atoms with Crippen molar-refractivity contribution >= 4 is 0 Å². The fraction of sp³-hybridized carbons (Fsp3) is 1.00. The molecule has 0 aromatic carbocycles. The number of aliphatic hydroxyl groups is 1. The maximum atomic E-state index is 10.1. The summed E-state index contributed by atoms with van der Waals surface area (Å²) >= 11 is 0. The van der Waals surface area contributed by atoms with Crippen LogP contribution in [0.25, 0.3) is 0 Å². The van der Waals surface area contributed by atoms with Gasteiger partial charge in [-0.15, -0.1) is 0 Å². The van der Waals surface area contributed by atoms with Gasteiger partial charge in [-0.1, -0.05) is 27.2 Å². The molecule has 2 aliphatic rings. The van der Waals surface area contributed by atoms with Crippen LogP contribution in [0, 0.1) is 11.3 Å². The van der Waals surface area contributed by atoms with Crippen LogP contribution >= 0.6 is 0 Å². The zero-order valence-corrected chi connectivity index (χ0v) is 13.5. The van der Waals surface area contributed by atoms with Crippen molar-refractivity contribution in [3.63, 3.8) is 0 Å². The van der Waals surface area contributed by atoms with Crippen molar-refractivity contribution in [1.29, 1.82) is 0 Å². The predicted molar refractivity (Wildman–Crippen MR) is 82.8 cm³/mol. The van der Waals surface area contributed by atoms with Gasteiger partial charge in [-0.25, -0.2) is 0 Å². The van der Waals surface area contributed by atoms with Gasteiger partial charge in [-0.3, -0.25) is 0 Å². The summed E-state index contributed by atoms with van der Waals surface area (Å²) < 4.78 is 5.87. The summed E-state index contributed by atoms with van der Waals surface area (Å²) in [6, 6.07) is 0.549. The maximum Gasteiger partial charge on any atom is 0.0897 e. The lowest BCUT2D eigenvalue weighted by molar-refractivity contribution is -0.0290. The van der Waals surface area contributed by atoms with E-state index in [4.69, 9.17) is 4.74 Å². The minimum Gasteiger partial charge on any atom is -0.389 e. The molecule has 0 amide bonds. The van der Waals surface area contributed by atoms with Gasteiger partial charge in [0.2, 0.25) is 0 Å². The van der Waals surface area contributed by atoms with Gasteiger partial charge in [-0.2, -0.15) is 0 Å². The first-order valence-electron chi connectivity index (χ1n) is 8.50. The molecule has 20 heavy (non-hydrogen) atoms. The number of nitrogens with one attached hydrogen (secondary N) is 1. The molecule has 3 nitrogen and oxygen atoms in total. The van der Waals surface area contributed by atoms with Gasteiger partial charge in [0.1, 0.15) is 0 Å². The third-order valence-corrected chi connectivity index (χ3v) is 5.34. The Bertz CT molecular complexity index is 285. The minimum absolute atomic E-state index is 0.370. The Morgan fingerprint density at radius 3 is 2.50 bits per heavy atom. The second kappa shape index (κ2) is 7.24. The Labute approximate surface area is 124 Å². The van der Waals surface area contributed by atoms with Crippen LogP contribution < -0.4 is 5.32 Å². The summed E-state index contributed by atoms with van der Waals surface area (Å²) in [6.07, 6.45) is 8.71. The fourth-order valence-corrected chi connectivity index (χ4v) is 3.69. The summed E-state index contributed by atoms with van der Waals surface area (Å²) in [5, 5.41) is 13.6. The SMILES string of the molecule is CC1CCC(OCC(O)CNC2CCCC2(C)C)CC1. The zero-order valence-electron chi connectivity index (χ0n) is 13.5. The summed E-state index contributed by atoms with van der Waals surface area (Å²) in [5.41, 5.74) is 0.375. The number of ether oxygens (including phenoxy) is 1. The first kappa shape index (κ1) is 16.3. The van der Waals surface area contributed by atoms with E-state index >= 15 is 0 Å². The van der Waals surface area contributed by atoms with E-state index in [0.717, 1.165) is 18.8 Å². The summed E-state index contributed by atoms with van der Waals surface area (Å²) in [4.78, 5) is 0. The standard InChI is InChI=1S/C17H33NO2/c1-13-6-8-15(9-7-13)20-12-14(19)11-18-16-5-4-10-17(16,2)3/h13-16,18-19H,4-12H2,1-3H3. The lowest BCUT2D eigenvalue weighted by atomic mass is 9.87. The van der Waals surface area contributed by atoms with Gasteiger partial charge >= 0.3 is 0 Å². The average molecular weight is 283 g/mol. The summed E-state index contributed by atoms with van der Waals surface area (Å²) in [7, 11) is 0. The van der Waals surface area contributed by atoms with Gasteiger partial charge in [-0.05, 0) is 49.9 Å². The van der Waals surface area contributed by atoms with E-state index in [2.05, 4.69) is 26.1 Å². The molecule has 0 bridgehead atoms. The molecule has 2 rings (SSSR count). The van der Waals surface area contributed by atoms with Crippen LogP contribution in [0.15, 0.2) is 0 Å². The highest BCUT2D eigenvalue weighted by molar-refractivity contribution is 4.90. The van der Waals surface area contributed by atoms with Crippen LogP contribution in [-0.2, 0) is 4.74 Å². The van der Waals surface area contributed by atoms with Crippen LogP contribution in [0.3, 0.4) is 0 Å². The van der Waals surface area contributed by atoms with Crippen molar-refractivity contribution in [3.05, 3.63) is 0 Å². The highest BCUT2D eigenvalue weighted by Crippen LogP contribution is 2.37. The van der Waals surface area contributed by atoms with Crippen molar-refractivity contribution in [3.8, 4) is 0 Å². The molecule has 0 spiro atoms. The predicted octanol–water partition coefficient (Wildman–Crippen LogP) is 3.11. The largest absolute Gasteiger partial charge is 0.389 e. The molecule has 0 saturated heterocycles. The topological polar surface area (TPSA) is 41.5 Å². The Kier molecular flexibility index (Phi) is 5.88. The first-order chi connectivity index (χ1) is 9.47. The number of rotatable bonds is 6. The molecular formula is C17H33NO2. The van der Waals surface area contributed by atoms with E-state index < -0.39 is 0 Å². The van der Waals surface area contributed by atoms with Crippen molar-refractivity contribution in [1.82, 2.24) is 5.32 Å². The second-order valence-corrected chi connectivity index (χ2v) is 7.71. The van der Waals surface area contributed by atoms with Crippen molar-refractivity contribution in [2.75, 3.05) is 13.2 Å². The molecule has 2 aliphatic carbocycles. The molecule has 2 fully saturated rings. The van der Waals surface area contributed by atoms with E-state index in [-0.39, 0.29) is 6.10 Å². The van der Waals surface area contributed by atoms with Gasteiger partial charge in [0, 0.05) is 12.6 Å². The van der Waals surface area contributed by atoms with E-state index in [9.17, 15) is 5.11 Å². The summed E-state index contributed by atoms with van der Waals surface area (Å²) in [5.74, 6) is 0.853. The molecule has 2 saturated carbocycles. The molecule has 2 atom stereocenters. The van der Waals surface area contributed by atoms with E-state index in [0.29, 0.717) is 30.7 Å². The van der Waals surface area contributed by atoms with E-state index in [1.54, 1.807) is 0 Å². The van der Waals surface area contributed by atoms with Crippen LogP contribution in [0.4, 0.5) is 0 Å². The molecule has 0 aromatic heterocycles. The Morgan fingerprint density at radius 2 is 1.90 bits per heavy atom. The normalized spacial score (nSPS) is 35.1. The molecular weight excluding hydrogens is 250 g/mol. The first-order valence-corrected chi connectivity index (χ1v) is 8.50. The number of hydrogen-bond acceptors (Lipinski definition) is 3. The van der Waals surface area contributed by atoms with Crippen molar-refractivity contribution in [2.24, 2.45) is 11.3 Å². The second-order valence-electron chi connectivity index (χ2n) is 7.71. The Balaban J connectivity index is 1.60. The Hall–Kier alpha value is -0.120. The van der Waals surface area contributed by atoms with Crippen LogP contribution in [0.2, 0.25) is 0 Å². The van der Waals surface area contributed by atoms with Gasteiger partial charge in [0.15, 0.2) is 0 Å². The van der Waals surface area contributed by atoms with E-state index in [1.165, 1.54) is 32.1 Å². The minimum atomic E-state index is -0.370. The quantitative estimate of drug-likeness (QED) is 0.787. The van der Waals surface area contributed by atoms with E-state index in [1.807, 2.05) is 0 Å². The molecule has 0 heterocycles. The maximum absolute atomic E-state index is 10.1. The van der Waals surface area contributed by atoms with Crippen LogP contribution in [0.1, 0.15) is 65.7 Å². The molecule has 118 valence electrons. The zero-order chi connectivity index (χ0) is 14.6. The number of aliphatic hydroxyl groups excluding tert-OH is 1. The van der Waals surface area contributed by atoms with Crippen LogP contribution in [0.5, 0.6) is 0 Å². The van der Waals surface area contributed by atoms with Gasteiger partial charge in [0.25, 0.3) is 0 Å². The molecule has 0 radical (unpaired) electrons. The molecule has 3 heteroatoms. The smallest absolute Gasteiger partial charge is 0.0897 e. The third kappa shape index (κ3) is 4.71. The highest BCUT2D eigenvalue weighted by Gasteiger charge is 2.34. The lowest BCUT2D eigenvalue weighted by Crippen LogP contribution is -2.43. The fourth-order valence-electron chi connectivity index (χ4n) is 3.69. The van der Waals surface area contributed by atoms with Gasteiger partial charge in [0.05, 0.1) is 18.8 Å².